The number of rotatable bonds is 3. The maximum Gasteiger partial charge on any atom is 0.314 e. The molecule has 1 saturated carbocycles. The van der Waals surface area contributed by atoms with Gasteiger partial charge in [-0.3, -0.25) is 4.79 Å². The molecule has 1 aliphatic carbocycles. The molecule has 1 aromatic rings. The van der Waals surface area contributed by atoms with Crippen molar-refractivity contribution in [1.29, 1.82) is 5.26 Å². The zero-order chi connectivity index (χ0) is 12.5. The maximum atomic E-state index is 11.3. The van der Waals surface area contributed by atoms with Crippen molar-refractivity contribution in [3.05, 3.63) is 29.3 Å². The molecule has 4 heteroatoms. The lowest BCUT2D eigenvalue weighted by Crippen LogP contribution is -2.42. The van der Waals surface area contributed by atoms with Crippen LogP contribution in [0.1, 0.15) is 30.4 Å². The largest absolute Gasteiger partial charge is 0.495 e. The van der Waals surface area contributed by atoms with E-state index in [9.17, 15) is 9.90 Å². The molecule has 0 atom stereocenters. The molecule has 2 rings (SSSR count). The Hall–Kier alpha value is -2.02. The minimum Gasteiger partial charge on any atom is -0.495 e. The van der Waals surface area contributed by atoms with E-state index < -0.39 is 11.4 Å². The van der Waals surface area contributed by atoms with Gasteiger partial charge in [-0.15, -0.1) is 0 Å². The molecule has 1 aliphatic rings. The van der Waals surface area contributed by atoms with E-state index in [4.69, 9.17) is 10.00 Å². The molecule has 88 valence electrons. The summed E-state index contributed by atoms with van der Waals surface area (Å²) in [6.45, 7) is 0. The summed E-state index contributed by atoms with van der Waals surface area (Å²) in [6, 6.07) is 7.07. The Labute approximate surface area is 99.4 Å². The number of carboxylic acid groups (broad SMARTS) is 1. The van der Waals surface area contributed by atoms with Gasteiger partial charge in [-0.25, -0.2) is 0 Å². The highest BCUT2D eigenvalue weighted by Crippen LogP contribution is 2.44. The lowest BCUT2D eigenvalue weighted by molar-refractivity contribution is -0.147. The molecule has 1 aromatic carbocycles. The first kappa shape index (κ1) is 11.5. The number of carboxylic acids is 1. The van der Waals surface area contributed by atoms with Crippen molar-refractivity contribution in [1.82, 2.24) is 0 Å². The number of ether oxygens (including phenoxy) is 1. The van der Waals surface area contributed by atoms with Crippen LogP contribution in [0.4, 0.5) is 0 Å². The van der Waals surface area contributed by atoms with Crippen molar-refractivity contribution < 1.29 is 14.6 Å². The number of hydrogen-bond acceptors (Lipinski definition) is 3. The fourth-order valence-electron chi connectivity index (χ4n) is 2.25. The van der Waals surface area contributed by atoms with E-state index in [1.54, 1.807) is 18.2 Å². The van der Waals surface area contributed by atoms with E-state index >= 15 is 0 Å². The highest BCUT2D eigenvalue weighted by atomic mass is 16.5. The average molecular weight is 231 g/mol. The Morgan fingerprint density at radius 2 is 2.24 bits per heavy atom. The van der Waals surface area contributed by atoms with Crippen molar-refractivity contribution in [2.75, 3.05) is 7.11 Å². The number of nitrogens with zero attached hydrogens (tertiary/aromatic N) is 1. The fraction of sp³-hybridized carbons (Fsp3) is 0.385. The SMILES string of the molecule is COc1ccc(C2(C(=O)O)CCC2)cc1C#N. The predicted octanol–water partition coefficient (Wildman–Crippen LogP) is 2.07. The van der Waals surface area contributed by atoms with Crippen LogP contribution in [0, 0.1) is 11.3 Å². The van der Waals surface area contributed by atoms with Gasteiger partial charge in [0.2, 0.25) is 0 Å². The van der Waals surface area contributed by atoms with Crippen LogP contribution in [0.3, 0.4) is 0 Å². The van der Waals surface area contributed by atoms with E-state index in [1.807, 2.05) is 6.07 Å². The van der Waals surface area contributed by atoms with E-state index in [0.29, 0.717) is 29.7 Å². The Balaban J connectivity index is 2.47. The number of carbonyl (C=O) groups is 1. The van der Waals surface area contributed by atoms with Crippen LogP contribution in [0.25, 0.3) is 0 Å². The molecular formula is C13H13NO3. The van der Waals surface area contributed by atoms with Crippen LogP contribution in [-0.4, -0.2) is 18.2 Å². The molecule has 0 saturated heterocycles. The molecule has 0 amide bonds. The van der Waals surface area contributed by atoms with Gasteiger partial charge in [0, 0.05) is 0 Å². The topological polar surface area (TPSA) is 70.3 Å². The maximum absolute atomic E-state index is 11.3. The predicted molar refractivity (Wildman–Crippen MR) is 60.9 cm³/mol. The van der Waals surface area contributed by atoms with Crippen LogP contribution in [-0.2, 0) is 10.2 Å². The smallest absolute Gasteiger partial charge is 0.314 e. The molecule has 17 heavy (non-hydrogen) atoms. The third-order valence-corrected chi connectivity index (χ3v) is 3.49. The van der Waals surface area contributed by atoms with Gasteiger partial charge in [0.25, 0.3) is 0 Å². The van der Waals surface area contributed by atoms with Gasteiger partial charge in [0.1, 0.15) is 11.8 Å². The van der Waals surface area contributed by atoms with Crippen LogP contribution >= 0.6 is 0 Å². The number of methoxy groups -OCH3 is 1. The van der Waals surface area contributed by atoms with Gasteiger partial charge in [-0.1, -0.05) is 12.5 Å². The summed E-state index contributed by atoms with van der Waals surface area (Å²) in [6.07, 6.45) is 2.19. The minimum absolute atomic E-state index is 0.387. The zero-order valence-electron chi connectivity index (χ0n) is 9.56. The van der Waals surface area contributed by atoms with Crippen molar-refractivity contribution in [3.63, 3.8) is 0 Å². The van der Waals surface area contributed by atoms with Gasteiger partial charge < -0.3 is 9.84 Å². The summed E-state index contributed by atoms with van der Waals surface area (Å²) in [4.78, 5) is 11.3. The summed E-state index contributed by atoms with van der Waals surface area (Å²) in [5.74, 6) is -0.325. The molecule has 1 fully saturated rings. The number of benzene rings is 1. The first-order chi connectivity index (χ1) is 8.14. The number of aliphatic carboxylic acids is 1. The second-order valence-electron chi connectivity index (χ2n) is 4.27. The molecular weight excluding hydrogens is 218 g/mol. The zero-order valence-corrected chi connectivity index (χ0v) is 9.56. The van der Waals surface area contributed by atoms with Gasteiger partial charge in [0.05, 0.1) is 18.1 Å². The third kappa shape index (κ3) is 1.64. The van der Waals surface area contributed by atoms with Crippen molar-refractivity contribution in [2.24, 2.45) is 0 Å². The summed E-state index contributed by atoms with van der Waals surface area (Å²) < 4.78 is 5.05. The molecule has 4 nitrogen and oxygen atoms in total. The molecule has 0 aromatic heterocycles. The molecule has 0 radical (unpaired) electrons. The lowest BCUT2D eigenvalue weighted by atomic mass is 9.64. The van der Waals surface area contributed by atoms with Gasteiger partial charge in [-0.2, -0.15) is 5.26 Å². The Morgan fingerprint density at radius 1 is 1.53 bits per heavy atom. The standard InChI is InChI=1S/C13H13NO3/c1-17-11-4-3-10(7-9(11)8-14)13(12(15)16)5-2-6-13/h3-4,7H,2,5-6H2,1H3,(H,15,16). The third-order valence-electron chi connectivity index (χ3n) is 3.49. The van der Waals surface area contributed by atoms with E-state index in [0.717, 1.165) is 6.42 Å². The monoisotopic (exact) mass is 231 g/mol. The fourth-order valence-corrected chi connectivity index (χ4v) is 2.25. The molecule has 0 aliphatic heterocycles. The summed E-state index contributed by atoms with van der Waals surface area (Å²) >= 11 is 0. The van der Waals surface area contributed by atoms with Gasteiger partial charge >= 0.3 is 5.97 Å². The summed E-state index contributed by atoms with van der Waals surface area (Å²) in [7, 11) is 1.49. The van der Waals surface area contributed by atoms with Gasteiger partial charge in [-0.05, 0) is 30.5 Å². The first-order valence-corrected chi connectivity index (χ1v) is 5.46. The second-order valence-corrected chi connectivity index (χ2v) is 4.27. The Kier molecular flexibility index (Phi) is 2.76. The quantitative estimate of drug-likeness (QED) is 0.864. The van der Waals surface area contributed by atoms with Crippen molar-refractivity contribution in [3.8, 4) is 11.8 Å². The van der Waals surface area contributed by atoms with Crippen molar-refractivity contribution >= 4 is 5.97 Å². The van der Waals surface area contributed by atoms with Crippen LogP contribution < -0.4 is 4.74 Å². The normalized spacial score (nSPS) is 16.7. The second kappa shape index (κ2) is 4.10. The van der Waals surface area contributed by atoms with E-state index in [2.05, 4.69) is 0 Å². The molecule has 0 bridgehead atoms. The van der Waals surface area contributed by atoms with E-state index in [-0.39, 0.29) is 0 Å². The minimum atomic E-state index is -0.808. The van der Waals surface area contributed by atoms with Crippen LogP contribution in [0.2, 0.25) is 0 Å². The lowest BCUT2D eigenvalue weighted by Gasteiger charge is -2.38. The molecule has 0 unspecified atom stereocenters. The van der Waals surface area contributed by atoms with Crippen LogP contribution in [0.5, 0.6) is 5.75 Å². The first-order valence-electron chi connectivity index (χ1n) is 5.46. The van der Waals surface area contributed by atoms with Crippen molar-refractivity contribution in [2.45, 2.75) is 24.7 Å². The highest BCUT2D eigenvalue weighted by molar-refractivity contribution is 5.83. The summed E-state index contributed by atoms with van der Waals surface area (Å²) in [5, 5.41) is 18.3. The number of hydrogen-bond donors (Lipinski definition) is 1. The highest BCUT2D eigenvalue weighted by Gasteiger charge is 2.46. The molecule has 0 heterocycles. The summed E-state index contributed by atoms with van der Waals surface area (Å²) in [5.41, 5.74) is 0.295. The Bertz CT molecular complexity index is 498. The molecule has 0 spiro atoms. The van der Waals surface area contributed by atoms with Crippen LogP contribution in [0.15, 0.2) is 18.2 Å². The molecule has 1 N–H and O–H groups in total. The van der Waals surface area contributed by atoms with Gasteiger partial charge in [0.15, 0.2) is 0 Å². The average Bonchev–Trinajstić information content (AvgIpc) is 2.26. The number of nitriles is 1. The van der Waals surface area contributed by atoms with E-state index in [1.165, 1.54) is 7.11 Å². The Morgan fingerprint density at radius 3 is 2.65 bits per heavy atom.